The van der Waals surface area contributed by atoms with Gasteiger partial charge in [0.1, 0.15) is 18.0 Å². The van der Waals surface area contributed by atoms with Gasteiger partial charge in [0, 0.05) is 12.2 Å². The summed E-state index contributed by atoms with van der Waals surface area (Å²) >= 11 is 0. The average molecular weight is 345 g/mol. The van der Waals surface area contributed by atoms with Crippen LogP contribution in [0, 0.1) is 17.7 Å². The van der Waals surface area contributed by atoms with Gasteiger partial charge in [0.2, 0.25) is 0 Å². The maximum atomic E-state index is 13.6. The first-order valence-corrected chi connectivity index (χ1v) is 8.25. The lowest BCUT2D eigenvalue weighted by molar-refractivity contribution is -0.136. The molecule has 6 heteroatoms. The molecule has 1 aliphatic rings. The number of rotatable bonds is 4. The zero-order chi connectivity index (χ0) is 18.1. The number of hydrogen-bond donors (Lipinski definition) is 1. The molecule has 5 nitrogen and oxygen atoms in total. The number of furan rings is 1. The molecule has 0 bridgehead atoms. The van der Waals surface area contributed by atoms with E-state index in [4.69, 9.17) is 9.52 Å². The van der Waals surface area contributed by atoms with E-state index in [0.29, 0.717) is 24.6 Å². The number of carboxylic acids is 1. The van der Waals surface area contributed by atoms with Gasteiger partial charge in [-0.3, -0.25) is 9.59 Å². The Bertz CT molecular complexity index is 812. The van der Waals surface area contributed by atoms with Crippen LogP contribution in [-0.4, -0.2) is 23.5 Å². The van der Waals surface area contributed by atoms with Gasteiger partial charge >= 0.3 is 5.97 Å². The van der Waals surface area contributed by atoms with Gasteiger partial charge in [-0.05, 0) is 48.1 Å². The summed E-state index contributed by atoms with van der Waals surface area (Å²) in [5.74, 6) is -1.05. The fraction of sp³-hybridized carbons (Fsp3) is 0.368. The Morgan fingerprint density at radius 1 is 1.36 bits per heavy atom. The number of hydrogen-bond acceptors (Lipinski definition) is 3. The molecule has 2 aromatic rings. The van der Waals surface area contributed by atoms with E-state index in [1.54, 1.807) is 11.0 Å². The predicted octanol–water partition coefficient (Wildman–Crippen LogP) is 3.52. The smallest absolute Gasteiger partial charge is 0.311 e. The van der Waals surface area contributed by atoms with Crippen molar-refractivity contribution >= 4 is 17.6 Å². The second-order valence-electron chi connectivity index (χ2n) is 6.72. The van der Waals surface area contributed by atoms with Gasteiger partial charge in [0.25, 0.3) is 5.91 Å². The Morgan fingerprint density at radius 2 is 2.12 bits per heavy atom. The molecular weight excluding hydrogens is 325 g/mol. The van der Waals surface area contributed by atoms with Crippen molar-refractivity contribution < 1.29 is 23.5 Å². The molecule has 2 heterocycles. The summed E-state index contributed by atoms with van der Waals surface area (Å²) in [6, 6.07) is 5.90. The van der Waals surface area contributed by atoms with Crippen molar-refractivity contribution in [3.8, 4) is 0 Å². The van der Waals surface area contributed by atoms with Crippen molar-refractivity contribution in [3.63, 3.8) is 0 Å². The highest BCUT2D eigenvalue weighted by molar-refractivity contribution is 6.07. The lowest BCUT2D eigenvalue weighted by Crippen LogP contribution is -2.41. The minimum atomic E-state index is -1.06. The topological polar surface area (TPSA) is 70.8 Å². The fourth-order valence-corrected chi connectivity index (χ4v) is 3.25. The van der Waals surface area contributed by atoms with Crippen LogP contribution in [0.4, 0.5) is 10.1 Å². The first-order valence-electron chi connectivity index (χ1n) is 8.25. The van der Waals surface area contributed by atoms with Crippen LogP contribution in [0.2, 0.25) is 0 Å². The summed E-state index contributed by atoms with van der Waals surface area (Å²) in [4.78, 5) is 25.6. The number of anilines is 1. The summed E-state index contributed by atoms with van der Waals surface area (Å²) in [5.41, 5.74) is 1.70. The van der Waals surface area contributed by atoms with Crippen LogP contribution in [0.5, 0.6) is 0 Å². The summed E-state index contributed by atoms with van der Waals surface area (Å²) in [7, 11) is 0. The van der Waals surface area contributed by atoms with Crippen molar-refractivity contribution in [2.24, 2.45) is 11.8 Å². The quantitative estimate of drug-likeness (QED) is 0.920. The van der Waals surface area contributed by atoms with E-state index in [2.05, 4.69) is 13.8 Å². The number of aliphatic carboxylic acids is 1. The number of nitrogens with zero attached hydrogens (tertiary/aromatic N) is 1. The zero-order valence-electron chi connectivity index (χ0n) is 14.2. The number of halogens is 1. The lowest BCUT2D eigenvalue weighted by Gasteiger charge is -2.36. The van der Waals surface area contributed by atoms with Gasteiger partial charge in [0.05, 0.1) is 11.8 Å². The van der Waals surface area contributed by atoms with E-state index in [-0.39, 0.29) is 35.4 Å². The second-order valence-corrected chi connectivity index (χ2v) is 6.72. The summed E-state index contributed by atoms with van der Waals surface area (Å²) in [5, 5.41) is 8.98. The Kier molecular flexibility index (Phi) is 4.61. The Hall–Kier alpha value is -2.63. The van der Waals surface area contributed by atoms with E-state index in [9.17, 15) is 14.0 Å². The van der Waals surface area contributed by atoms with Gasteiger partial charge < -0.3 is 14.4 Å². The van der Waals surface area contributed by atoms with Crippen LogP contribution in [0.25, 0.3) is 0 Å². The van der Waals surface area contributed by atoms with Gasteiger partial charge in [0.15, 0.2) is 0 Å². The molecule has 25 heavy (non-hydrogen) atoms. The van der Waals surface area contributed by atoms with E-state index >= 15 is 0 Å². The Morgan fingerprint density at radius 3 is 2.80 bits per heavy atom. The van der Waals surface area contributed by atoms with Crippen LogP contribution >= 0.6 is 0 Å². The third-order valence-corrected chi connectivity index (χ3v) is 4.71. The molecule has 1 aromatic carbocycles. The predicted molar refractivity (Wildman–Crippen MR) is 90.2 cm³/mol. The number of carbonyl (C=O) groups is 2. The zero-order valence-corrected chi connectivity index (χ0v) is 14.2. The fourth-order valence-electron chi connectivity index (χ4n) is 3.25. The van der Waals surface area contributed by atoms with Crippen LogP contribution in [0.1, 0.15) is 35.5 Å². The van der Waals surface area contributed by atoms with Crippen molar-refractivity contribution in [1.29, 1.82) is 0 Å². The summed E-state index contributed by atoms with van der Waals surface area (Å²) in [6.07, 6.45) is 1.68. The molecule has 1 N–H and O–H groups in total. The first kappa shape index (κ1) is 17.2. The molecule has 132 valence electrons. The standard InChI is InChI=1S/C19H20FNO4/c1-11(2)13-7-12-8-14(20)3-4-16(12)21(10-13)19(24)15-5-6-25-17(15)9-18(22)23/h3-6,8,11,13H,7,9-10H2,1-2H3,(H,22,23). The minimum Gasteiger partial charge on any atom is -0.481 e. The van der Waals surface area contributed by atoms with Crippen molar-refractivity contribution in [2.75, 3.05) is 11.4 Å². The molecule has 0 spiro atoms. The summed E-state index contributed by atoms with van der Waals surface area (Å²) < 4.78 is 18.8. The monoisotopic (exact) mass is 345 g/mol. The average Bonchev–Trinajstić information content (AvgIpc) is 2.99. The van der Waals surface area contributed by atoms with Gasteiger partial charge in [-0.15, -0.1) is 0 Å². The third-order valence-electron chi connectivity index (χ3n) is 4.71. The highest BCUT2D eigenvalue weighted by atomic mass is 19.1. The highest BCUT2D eigenvalue weighted by Gasteiger charge is 2.32. The van der Waals surface area contributed by atoms with Crippen molar-refractivity contribution in [1.82, 2.24) is 0 Å². The third kappa shape index (κ3) is 3.43. The number of carbonyl (C=O) groups excluding carboxylic acids is 1. The lowest BCUT2D eigenvalue weighted by atomic mass is 9.84. The van der Waals surface area contributed by atoms with Gasteiger partial charge in [-0.1, -0.05) is 13.8 Å². The number of benzene rings is 1. The van der Waals surface area contributed by atoms with Crippen LogP contribution < -0.4 is 4.90 Å². The van der Waals surface area contributed by atoms with E-state index in [1.165, 1.54) is 24.5 Å². The molecule has 3 rings (SSSR count). The van der Waals surface area contributed by atoms with Crippen molar-refractivity contribution in [3.05, 3.63) is 53.2 Å². The maximum absolute atomic E-state index is 13.6. The minimum absolute atomic E-state index is 0.132. The highest BCUT2D eigenvalue weighted by Crippen LogP contribution is 2.34. The molecule has 1 amide bonds. The van der Waals surface area contributed by atoms with Crippen molar-refractivity contribution in [2.45, 2.75) is 26.7 Å². The number of amides is 1. The van der Waals surface area contributed by atoms with Gasteiger partial charge in [-0.2, -0.15) is 0 Å². The molecular formula is C19H20FNO4. The molecule has 1 atom stereocenters. The molecule has 1 unspecified atom stereocenters. The van der Waals surface area contributed by atoms with Crippen LogP contribution in [0.15, 0.2) is 34.9 Å². The molecule has 0 radical (unpaired) electrons. The first-order chi connectivity index (χ1) is 11.9. The summed E-state index contributed by atoms with van der Waals surface area (Å²) in [6.45, 7) is 4.66. The Balaban J connectivity index is 1.99. The van der Waals surface area contributed by atoms with Gasteiger partial charge in [-0.25, -0.2) is 4.39 Å². The van der Waals surface area contributed by atoms with E-state index in [1.807, 2.05) is 0 Å². The molecule has 0 fully saturated rings. The molecule has 0 saturated heterocycles. The normalized spacial score (nSPS) is 16.8. The molecule has 1 aliphatic heterocycles. The molecule has 1 aromatic heterocycles. The van der Waals surface area contributed by atoms with E-state index < -0.39 is 5.97 Å². The maximum Gasteiger partial charge on any atom is 0.311 e. The van der Waals surface area contributed by atoms with Crippen LogP contribution in [-0.2, 0) is 17.6 Å². The van der Waals surface area contributed by atoms with E-state index in [0.717, 1.165) is 5.56 Å². The SMILES string of the molecule is CC(C)C1Cc2cc(F)ccc2N(C(=O)c2ccoc2CC(=O)O)C1. The largest absolute Gasteiger partial charge is 0.481 e. The second kappa shape index (κ2) is 6.70. The number of carboxylic acid groups (broad SMARTS) is 1. The Labute approximate surface area is 145 Å². The molecule has 0 saturated carbocycles. The number of fused-ring (bicyclic) bond motifs is 1. The van der Waals surface area contributed by atoms with Crippen LogP contribution in [0.3, 0.4) is 0 Å². The molecule has 0 aliphatic carbocycles.